The summed E-state index contributed by atoms with van der Waals surface area (Å²) >= 11 is 8.27. The molecule has 2 rings (SSSR count). The summed E-state index contributed by atoms with van der Waals surface area (Å²) in [5.41, 5.74) is 1.02. The van der Waals surface area contributed by atoms with Gasteiger partial charge in [0.2, 0.25) is 0 Å². The van der Waals surface area contributed by atoms with Gasteiger partial charge in [0.1, 0.15) is 0 Å². The van der Waals surface area contributed by atoms with Crippen molar-refractivity contribution in [1.82, 2.24) is 4.90 Å². The fraction of sp³-hybridized carbons (Fsp3) is 0.533. The second kappa shape index (κ2) is 6.00. The van der Waals surface area contributed by atoms with Gasteiger partial charge in [-0.05, 0) is 65.5 Å². The zero-order chi connectivity index (χ0) is 14.0. The average molecular weight is 392 g/mol. The van der Waals surface area contributed by atoms with Crippen LogP contribution in [0, 0.1) is 8.99 Å². The van der Waals surface area contributed by atoms with Crippen LogP contribution in [0.15, 0.2) is 18.2 Å². The summed E-state index contributed by atoms with van der Waals surface area (Å²) in [7, 11) is 0. The number of likely N-dealkylation sites (tertiary alicyclic amines) is 1. The second-order valence-corrected chi connectivity index (χ2v) is 6.88. The van der Waals surface area contributed by atoms with Gasteiger partial charge in [0.25, 0.3) is 5.91 Å². The average Bonchev–Trinajstić information content (AvgIpc) is 2.86. The van der Waals surface area contributed by atoms with E-state index in [-0.39, 0.29) is 5.91 Å². The van der Waals surface area contributed by atoms with Gasteiger partial charge in [-0.1, -0.05) is 25.4 Å². The molecule has 0 aliphatic carbocycles. The van der Waals surface area contributed by atoms with Crippen molar-refractivity contribution in [3.05, 3.63) is 32.4 Å². The van der Waals surface area contributed by atoms with Crippen molar-refractivity contribution in [3.63, 3.8) is 0 Å². The summed E-state index contributed by atoms with van der Waals surface area (Å²) in [6.07, 6.45) is 3.39. The normalized spacial score (nSPS) is 17.8. The lowest BCUT2D eigenvalue weighted by molar-refractivity contribution is 0.0770. The van der Waals surface area contributed by atoms with Crippen LogP contribution in [0.5, 0.6) is 0 Å². The third kappa shape index (κ3) is 3.07. The summed E-state index contributed by atoms with van der Waals surface area (Å²) in [4.78, 5) is 14.5. The fourth-order valence-electron chi connectivity index (χ4n) is 2.75. The first-order valence-electron chi connectivity index (χ1n) is 6.75. The lowest BCUT2D eigenvalue weighted by atomic mass is 9.82. The second-order valence-electron chi connectivity index (χ2n) is 5.31. The molecule has 1 aliphatic heterocycles. The van der Waals surface area contributed by atoms with Crippen molar-refractivity contribution < 1.29 is 4.79 Å². The molecular weight excluding hydrogens is 373 g/mol. The minimum atomic E-state index is 0.113. The maximum Gasteiger partial charge on any atom is 0.253 e. The highest BCUT2D eigenvalue weighted by Crippen LogP contribution is 2.37. The highest BCUT2D eigenvalue weighted by molar-refractivity contribution is 14.1. The molecule has 0 atom stereocenters. The number of halogens is 2. The Morgan fingerprint density at radius 3 is 2.63 bits per heavy atom. The van der Waals surface area contributed by atoms with Crippen molar-refractivity contribution in [2.75, 3.05) is 13.1 Å². The number of carbonyl (C=O) groups excluding carboxylic acids is 1. The number of hydrogen-bond donors (Lipinski definition) is 0. The van der Waals surface area contributed by atoms with Crippen LogP contribution in [0.25, 0.3) is 0 Å². The quantitative estimate of drug-likeness (QED) is 0.690. The van der Waals surface area contributed by atoms with E-state index in [1.54, 1.807) is 6.07 Å². The van der Waals surface area contributed by atoms with E-state index in [1.165, 1.54) is 0 Å². The van der Waals surface area contributed by atoms with Crippen LogP contribution in [0.1, 0.15) is 43.5 Å². The Bertz CT molecular complexity index is 485. The highest BCUT2D eigenvalue weighted by Gasteiger charge is 2.37. The van der Waals surface area contributed by atoms with E-state index in [9.17, 15) is 4.79 Å². The van der Waals surface area contributed by atoms with Gasteiger partial charge in [0.05, 0.1) is 5.02 Å². The molecule has 0 saturated carbocycles. The molecule has 0 radical (unpaired) electrons. The lowest BCUT2D eigenvalue weighted by Gasteiger charge is -2.26. The molecule has 0 N–H and O–H groups in total. The number of amides is 1. The van der Waals surface area contributed by atoms with Crippen LogP contribution in [-0.4, -0.2) is 23.9 Å². The zero-order valence-electron chi connectivity index (χ0n) is 11.4. The van der Waals surface area contributed by atoms with Crippen LogP contribution >= 0.6 is 34.2 Å². The standard InChI is InChI=1S/C15H19ClINO/c1-3-15(4-2)7-8-18(10-15)14(19)11-5-6-13(17)12(16)9-11/h5-6,9H,3-4,7-8,10H2,1-2H3. The SMILES string of the molecule is CCC1(CC)CCN(C(=O)c2ccc(I)c(Cl)c2)C1. The molecule has 1 amide bonds. The first-order chi connectivity index (χ1) is 9.01. The molecule has 1 aromatic carbocycles. The molecule has 0 unspecified atom stereocenters. The van der Waals surface area contributed by atoms with E-state index in [4.69, 9.17) is 11.6 Å². The Kier molecular flexibility index (Phi) is 4.77. The maximum absolute atomic E-state index is 12.5. The van der Waals surface area contributed by atoms with E-state index >= 15 is 0 Å². The number of carbonyl (C=O) groups is 1. The molecule has 0 spiro atoms. The van der Waals surface area contributed by atoms with E-state index in [1.807, 2.05) is 17.0 Å². The predicted octanol–water partition coefficient (Wildman–Crippen LogP) is 4.60. The largest absolute Gasteiger partial charge is 0.338 e. The van der Waals surface area contributed by atoms with E-state index in [0.29, 0.717) is 16.0 Å². The third-order valence-corrected chi connectivity index (χ3v) is 5.96. The Morgan fingerprint density at radius 2 is 2.11 bits per heavy atom. The van der Waals surface area contributed by atoms with Gasteiger partial charge in [-0.15, -0.1) is 0 Å². The molecule has 19 heavy (non-hydrogen) atoms. The van der Waals surface area contributed by atoms with Gasteiger partial charge in [-0.2, -0.15) is 0 Å². The van der Waals surface area contributed by atoms with Crippen molar-refractivity contribution in [2.24, 2.45) is 5.41 Å². The molecule has 104 valence electrons. The van der Waals surface area contributed by atoms with Gasteiger partial charge in [0.15, 0.2) is 0 Å². The monoisotopic (exact) mass is 391 g/mol. The lowest BCUT2D eigenvalue weighted by Crippen LogP contribution is -2.31. The van der Waals surface area contributed by atoms with Gasteiger partial charge in [0, 0.05) is 22.2 Å². The van der Waals surface area contributed by atoms with Crippen molar-refractivity contribution in [1.29, 1.82) is 0 Å². The van der Waals surface area contributed by atoms with Crippen molar-refractivity contribution >= 4 is 40.1 Å². The minimum Gasteiger partial charge on any atom is -0.338 e. The van der Waals surface area contributed by atoms with Crippen LogP contribution in [0.3, 0.4) is 0 Å². The molecule has 1 saturated heterocycles. The molecule has 4 heteroatoms. The molecule has 1 heterocycles. The zero-order valence-corrected chi connectivity index (χ0v) is 14.3. The van der Waals surface area contributed by atoms with Gasteiger partial charge >= 0.3 is 0 Å². The smallest absolute Gasteiger partial charge is 0.253 e. The molecule has 1 aliphatic rings. The molecule has 1 fully saturated rings. The topological polar surface area (TPSA) is 20.3 Å². The Hall–Kier alpha value is -0.290. The van der Waals surface area contributed by atoms with Gasteiger partial charge in [-0.3, -0.25) is 4.79 Å². The Morgan fingerprint density at radius 1 is 1.42 bits per heavy atom. The van der Waals surface area contributed by atoms with Crippen LogP contribution in [0.2, 0.25) is 5.02 Å². The van der Waals surface area contributed by atoms with Crippen LogP contribution in [0.4, 0.5) is 0 Å². The number of hydrogen-bond acceptors (Lipinski definition) is 1. The van der Waals surface area contributed by atoms with Gasteiger partial charge < -0.3 is 4.90 Å². The number of rotatable bonds is 3. The van der Waals surface area contributed by atoms with Gasteiger partial charge in [-0.25, -0.2) is 0 Å². The van der Waals surface area contributed by atoms with Crippen LogP contribution in [-0.2, 0) is 0 Å². The Labute approximate surface area is 133 Å². The van der Waals surface area contributed by atoms with E-state index in [0.717, 1.165) is 35.9 Å². The van der Waals surface area contributed by atoms with Crippen LogP contribution < -0.4 is 0 Å². The molecular formula is C15H19ClINO. The molecule has 0 bridgehead atoms. The molecule has 1 aromatic rings. The van der Waals surface area contributed by atoms with Crippen molar-refractivity contribution in [2.45, 2.75) is 33.1 Å². The highest BCUT2D eigenvalue weighted by atomic mass is 127. The van der Waals surface area contributed by atoms with Crippen molar-refractivity contribution in [3.8, 4) is 0 Å². The molecule has 2 nitrogen and oxygen atoms in total. The minimum absolute atomic E-state index is 0.113. The first-order valence-corrected chi connectivity index (χ1v) is 8.21. The summed E-state index contributed by atoms with van der Waals surface area (Å²) in [6, 6.07) is 5.55. The summed E-state index contributed by atoms with van der Waals surface area (Å²) in [5.74, 6) is 0.113. The third-order valence-electron chi connectivity index (χ3n) is 4.39. The summed E-state index contributed by atoms with van der Waals surface area (Å²) in [5, 5.41) is 0.655. The number of nitrogens with zero attached hydrogens (tertiary/aromatic N) is 1. The summed E-state index contributed by atoms with van der Waals surface area (Å²) < 4.78 is 0.980. The summed E-state index contributed by atoms with van der Waals surface area (Å²) in [6.45, 7) is 6.19. The fourth-order valence-corrected chi connectivity index (χ4v) is 3.26. The molecule has 0 aromatic heterocycles. The maximum atomic E-state index is 12.5. The predicted molar refractivity (Wildman–Crippen MR) is 87.7 cm³/mol. The van der Waals surface area contributed by atoms with E-state index in [2.05, 4.69) is 36.4 Å². The number of benzene rings is 1. The van der Waals surface area contributed by atoms with E-state index < -0.39 is 0 Å². The Balaban J connectivity index is 2.15. The first kappa shape index (κ1) is 15.1.